The number of aryl methyl sites for hydroxylation is 1. The highest BCUT2D eigenvalue weighted by molar-refractivity contribution is 7.92. The maximum absolute atomic E-state index is 14.0. The number of nitrogens with one attached hydrogen (secondary N) is 1. The first kappa shape index (κ1) is 22.7. The highest BCUT2D eigenvalue weighted by Crippen LogP contribution is 2.21. The van der Waals surface area contributed by atoms with E-state index in [1.807, 2.05) is 38.1 Å². The van der Waals surface area contributed by atoms with Crippen molar-refractivity contribution in [3.8, 4) is 5.75 Å². The Bertz CT molecular complexity index is 915. The Morgan fingerprint density at radius 2 is 1.79 bits per heavy atom. The number of nitrogens with zero attached hydrogens (tertiary/aromatic N) is 1. The molecule has 0 aliphatic rings. The zero-order chi connectivity index (χ0) is 21.4. The van der Waals surface area contributed by atoms with E-state index in [1.54, 1.807) is 0 Å². The highest BCUT2D eigenvalue weighted by atomic mass is 32.2. The van der Waals surface area contributed by atoms with Gasteiger partial charge in [-0.3, -0.25) is 9.10 Å². The van der Waals surface area contributed by atoms with Crippen molar-refractivity contribution in [2.75, 3.05) is 23.7 Å². The molecule has 1 amide bonds. The van der Waals surface area contributed by atoms with Gasteiger partial charge < -0.3 is 10.1 Å². The number of ether oxygens (including phenoxy) is 1. The summed E-state index contributed by atoms with van der Waals surface area (Å²) in [5.41, 5.74) is 0.966. The molecule has 2 aromatic rings. The van der Waals surface area contributed by atoms with E-state index >= 15 is 0 Å². The Labute approximate surface area is 171 Å². The van der Waals surface area contributed by atoms with E-state index < -0.39 is 28.3 Å². The van der Waals surface area contributed by atoms with Crippen LogP contribution in [-0.4, -0.2) is 39.8 Å². The third kappa shape index (κ3) is 7.38. The van der Waals surface area contributed by atoms with Crippen LogP contribution in [0.25, 0.3) is 0 Å². The molecular weight excluding hydrogens is 395 g/mol. The molecular formula is C21H27FN2O4S. The van der Waals surface area contributed by atoms with E-state index in [9.17, 15) is 17.6 Å². The zero-order valence-electron chi connectivity index (χ0n) is 16.9. The summed E-state index contributed by atoms with van der Waals surface area (Å²) in [4.78, 5) is 12.2. The largest absolute Gasteiger partial charge is 0.491 e. The fourth-order valence-electron chi connectivity index (χ4n) is 2.75. The van der Waals surface area contributed by atoms with Crippen molar-refractivity contribution in [2.45, 2.75) is 32.8 Å². The Balaban J connectivity index is 1.84. The number of hydrogen-bond acceptors (Lipinski definition) is 4. The summed E-state index contributed by atoms with van der Waals surface area (Å²) in [5.74, 6) is -0.374. The lowest BCUT2D eigenvalue weighted by Gasteiger charge is -2.22. The van der Waals surface area contributed by atoms with Crippen LogP contribution in [0.15, 0.2) is 48.5 Å². The number of halogens is 1. The third-order valence-electron chi connectivity index (χ3n) is 4.07. The average molecular weight is 423 g/mol. The monoisotopic (exact) mass is 422 g/mol. The third-order valence-corrected chi connectivity index (χ3v) is 5.19. The minimum Gasteiger partial charge on any atom is -0.491 e. The van der Waals surface area contributed by atoms with Gasteiger partial charge in [0.05, 0.1) is 18.0 Å². The number of amides is 1. The van der Waals surface area contributed by atoms with Gasteiger partial charge in [0.1, 0.15) is 18.1 Å². The number of carbonyl (C=O) groups excluding carboxylic acids is 1. The molecule has 6 nitrogen and oxygen atoms in total. The molecule has 0 fully saturated rings. The summed E-state index contributed by atoms with van der Waals surface area (Å²) in [5, 5.41) is 2.69. The van der Waals surface area contributed by atoms with Gasteiger partial charge in [0, 0.05) is 6.54 Å². The lowest BCUT2D eigenvalue weighted by Crippen LogP contribution is -2.41. The van der Waals surface area contributed by atoms with Crippen LogP contribution in [0.2, 0.25) is 0 Å². The Morgan fingerprint density at radius 3 is 2.38 bits per heavy atom. The molecule has 0 atom stereocenters. The second kappa shape index (κ2) is 10.2. The van der Waals surface area contributed by atoms with E-state index in [4.69, 9.17) is 4.74 Å². The van der Waals surface area contributed by atoms with E-state index in [1.165, 1.54) is 18.2 Å². The van der Waals surface area contributed by atoms with E-state index in [0.717, 1.165) is 34.4 Å². The summed E-state index contributed by atoms with van der Waals surface area (Å²) in [6.07, 6.45) is 2.51. The molecule has 0 radical (unpaired) electrons. The maximum Gasteiger partial charge on any atom is 0.240 e. The minimum absolute atomic E-state index is 0.118. The second-order valence-corrected chi connectivity index (χ2v) is 8.89. The van der Waals surface area contributed by atoms with Crippen LogP contribution in [0.5, 0.6) is 5.75 Å². The standard InChI is InChI=1S/C21H27FN2O4S/c1-16(2)28-18-12-10-17(11-13-18)7-6-14-23-21(25)15-24(29(3,26)27)20-9-5-4-8-19(20)22/h4-5,8-13,16H,6-7,14-15H2,1-3H3,(H,23,25). The van der Waals surface area contributed by atoms with Crippen LogP contribution in [0, 0.1) is 5.82 Å². The molecule has 0 spiro atoms. The van der Waals surface area contributed by atoms with Gasteiger partial charge in [0.25, 0.3) is 0 Å². The van der Waals surface area contributed by atoms with Crippen molar-refractivity contribution in [3.05, 3.63) is 59.9 Å². The number of para-hydroxylation sites is 1. The average Bonchev–Trinajstić information content (AvgIpc) is 2.64. The first-order valence-corrected chi connectivity index (χ1v) is 11.3. The summed E-state index contributed by atoms with van der Waals surface area (Å²) in [7, 11) is -3.80. The number of carbonyl (C=O) groups is 1. The van der Waals surface area contributed by atoms with Crippen molar-refractivity contribution < 1.29 is 22.3 Å². The summed E-state index contributed by atoms with van der Waals surface area (Å²) < 4.78 is 44.3. The van der Waals surface area contributed by atoms with Gasteiger partial charge in [0.15, 0.2) is 0 Å². The van der Waals surface area contributed by atoms with E-state index in [0.29, 0.717) is 13.0 Å². The second-order valence-electron chi connectivity index (χ2n) is 6.99. The topological polar surface area (TPSA) is 75.7 Å². The zero-order valence-corrected chi connectivity index (χ0v) is 17.7. The summed E-state index contributed by atoms with van der Waals surface area (Å²) in [6, 6.07) is 13.2. The first-order valence-electron chi connectivity index (χ1n) is 9.41. The van der Waals surface area contributed by atoms with Gasteiger partial charge in [-0.1, -0.05) is 24.3 Å². The van der Waals surface area contributed by atoms with Gasteiger partial charge in [-0.2, -0.15) is 0 Å². The molecule has 158 valence electrons. The van der Waals surface area contributed by atoms with Crippen LogP contribution in [-0.2, 0) is 21.2 Å². The lowest BCUT2D eigenvalue weighted by molar-refractivity contribution is -0.119. The number of rotatable bonds is 10. The number of sulfonamides is 1. The molecule has 0 aliphatic heterocycles. The number of hydrogen-bond donors (Lipinski definition) is 1. The van der Waals surface area contributed by atoms with Gasteiger partial charge in [0.2, 0.25) is 15.9 Å². The molecule has 2 aromatic carbocycles. The van der Waals surface area contributed by atoms with Crippen molar-refractivity contribution in [2.24, 2.45) is 0 Å². The van der Waals surface area contributed by atoms with E-state index in [-0.39, 0.29) is 11.8 Å². The molecule has 0 unspecified atom stereocenters. The van der Waals surface area contributed by atoms with Crippen molar-refractivity contribution in [1.29, 1.82) is 0 Å². The molecule has 0 heterocycles. The molecule has 0 saturated carbocycles. The molecule has 1 N–H and O–H groups in total. The predicted molar refractivity (Wildman–Crippen MR) is 112 cm³/mol. The van der Waals surface area contributed by atoms with Gasteiger partial charge in [-0.05, 0) is 56.5 Å². The van der Waals surface area contributed by atoms with Crippen molar-refractivity contribution in [3.63, 3.8) is 0 Å². The Morgan fingerprint density at radius 1 is 1.14 bits per heavy atom. The van der Waals surface area contributed by atoms with Crippen LogP contribution >= 0.6 is 0 Å². The summed E-state index contributed by atoms with van der Waals surface area (Å²) >= 11 is 0. The Hall–Kier alpha value is -2.61. The molecule has 8 heteroatoms. The molecule has 0 aliphatic carbocycles. The van der Waals surface area contributed by atoms with Gasteiger partial charge in [-0.25, -0.2) is 12.8 Å². The number of benzene rings is 2. The summed E-state index contributed by atoms with van der Waals surface area (Å²) in [6.45, 7) is 3.85. The van der Waals surface area contributed by atoms with Crippen molar-refractivity contribution in [1.82, 2.24) is 5.32 Å². The Kier molecular flexibility index (Phi) is 8.01. The fourth-order valence-corrected chi connectivity index (χ4v) is 3.61. The highest BCUT2D eigenvalue weighted by Gasteiger charge is 2.23. The van der Waals surface area contributed by atoms with Crippen LogP contribution < -0.4 is 14.4 Å². The SMILES string of the molecule is CC(C)Oc1ccc(CCCNC(=O)CN(c2ccccc2F)S(C)(=O)=O)cc1. The fraction of sp³-hybridized carbons (Fsp3) is 0.381. The molecule has 0 bridgehead atoms. The number of anilines is 1. The molecule has 0 aromatic heterocycles. The van der Waals surface area contributed by atoms with Crippen LogP contribution in [0.3, 0.4) is 0 Å². The smallest absolute Gasteiger partial charge is 0.240 e. The normalized spacial score (nSPS) is 11.3. The van der Waals surface area contributed by atoms with Gasteiger partial charge in [-0.15, -0.1) is 0 Å². The van der Waals surface area contributed by atoms with Crippen LogP contribution in [0.4, 0.5) is 10.1 Å². The van der Waals surface area contributed by atoms with Gasteiger partial charge >= 0.3 is 0 Å². The molecule has 0 saturated heterocycles. The predicted octanol–water partition coefficient (Wildman–Crippen LogP) is 3.13. The maximum atomic E-state index is 14.0. The van der Waals surface area contributed by atoms with Crippen LogP contribution in [0.1, 0.15) is 25.8 Å². The molecule has 2 rings (SSSR count). The lowest BCUT2D eigenvalue weighted by atomic mass is 10.1. The first-order chi connectivity index (χ1) is 13.7. The van der Waals surface area contributed by atoms with E-state index in [2.05, 4.69) is 5.32 Å². The molecule has 29 heavy (non-hydrogen) atoms. The van der Waals surface area contributed by atoms with Crippen molar-refractivity contribution >= 4 is 21.6 Å². The quantitative estimate of drug-likeness (QED) is 0.597. The minimum atomic E-state index is -3.80.